The molecule has 8 fully saturated rings. The molecule has 19 nitrogen and oxygen atoms in total. The van der Waals surface area contributed by atoms with Gasteiger partial charge in [-0.05, 0) is 87.0 Å². The van der Waals surface area contributed by atoms with E-state index in [2.05, 4.69) is 13.8 Å². The van der Waals surface area contributed by atoms with Crippen molar-refractivity contribution in [3.63, 3.8) is 0 Å². The number of hydrogen-bond acceptors (Lipinski definition) is 19. The Kier molecular flexibility index (Phi) is 11.8. The van der Waals surface area contributed by atoms with Gasteiger partial charge in [-0.25, -0.2) is 4.79 Å². The van der Waals surface area contributed by atoms with Crippen LogP contribution in [0.4, 0.5) is 0 Å². The third-order valence-corrected chi connectivity index (χ3v) is 16.9. The van der Waals surface area contributed by atoms with Crippen molar-refractivity contribution in [3.8, 4) is 0 Å². The zero-order valence-corrected chi connectivity index (χ0v) is 35.0. The maximum absolute atomic E-state index is 12.8. The van der Waals surface area contributed by atoms with Gasteiger partial charge in [-0.15, -0.1) is 0 Å². The highest BCUT2D eigenvalue weighted by atomic mass is 16.8. The van der Waals surface area contributed by atoms with E-state index in [4.69, 9.17) is 42.6 Å². The minimum atomic E-state index is -1.78. The van der Waals surface area contributed by atoms with Crippen molar-refractivity contribution in [1.29, 1.82) is 0 Å². The summed E-state index contributed by atoms with van der Waals surface area (Å²) in [6.07, 6.45) is -13.9. The summed E-state index contributed by atoms with van der Waals surface area (Å²) in [5, 5.41) is 96.9. The van der Waals surface area contributed by atoms with E-state index in [1.165, 1.54) is 7.11 Å². The molecule has 4 aliphatic carbocycles. The zero-order chi connectivity index (χ0) is 43.6. The lowest BCUT2D eigenvalue weighted by atomic mass is 9.43. The molecule has 346 valence electrons. The lowest BCUT2D eigenvalue weighted by molar-refractivity contribution is -0.367. The molecule has 0 aromatic carbocycles. The minimum absolute atomic E-state index is 0.0634. The van der Waals surface area contributed by atoms with E-state index in [-0.39, 0.29) is 48.0 Å². The Morgan fingerprint density at radius 3 is 2.15 bits per heavy atom. The number of fused-ring (bicyclic) bond motifs is 3. The SMILES string of the molecule is CO[C@H]1[C@H](O)[C@H](O[C@H]2CC[C@]3(C)C4CC[C@]5(C)[C@@H](C6=CC(=O)OC6)CC[C@]5(O)[C@@]45O[C@H]5C[C@@H]3C2)O[C@@H](C)[C@@H]1O[C@@H]1O[C@H](CO[C@@H]2O[C@H](CO)[C@@H](O)[C@H](O)[C@H]2O)[C@@H](O)[C@H](O)[C@H]1O. The van der Waals surface area contributed by atoms with Crippen LogP contribution in [-0.4, -0.2) is 194 Å². The number of epoxide rings is 1. The van der Waals surface area contributed by atoms with Crippen molar-refractivity contribution >= 4 is 5.97 Å². The molecule has 0 aromatic heterocycles. The summed E-state index contributed by atoms with van der Waals surface area (Å²) in [4.78, 5) is 12.0. The summed E-state index contributed by atoms with van der Waals surface area (Å²) in [6.45, 7) is 5.27. The van der Waals surface area contributed by atoms with Gasteiger partial charge in [-0.2, -0.15) is 0 Å². The van der Waals surface area contributed by atoms with Gasteiger partial charge in [0.2, 0.25) is 0 Å². The van der Waals surface area contributed by atoms with Gasteiger partial charge in [0, 0.05) is 18.6 Å². The largest absolute Gasteiger partial charge is 0.458 e. The van der Waals surface area contributed by atoms with Crippen LogP contribution < -0.4 is 0 Å². The van der Waals surface area contributed by atoms with E-state index in [0.717, 1.165) is 37.7 Å². The van der Waals surface area contributed by atoms with Gasteiger partial charge in [-0.3, -0.25) is 0 Å². The lowest BCUT2D eigenvalue weighted by Gasteiger charge is -2.62. The molecule has 0 amide bonds. The summed E-state index contributed by atoms with van der Waals surface area (Å²) >= 11 is 0. The normalized spacial score (nSPS) is 56.7. The van der Waals surface area contributed by atoms with Crippen LogP contribution in [0.3, 0.4) is 0 Å². The predicted octanol–water partition coefficient (Wildman–Crippen LogP) is -2.11. The van der Waals surface area contributed by atoms with Crippen LogP contribution in [0.5, 0.6) is 0 Å². The van der Waals surface area contributed by atoms with E-state index in [9.17, 15) is 50.8 Å². The van der Waals surface area contributed by atoms with Gasteiger partial charge >= 0.3 is 5.97 Å². The van der Waals surface area contributed by atoms with Crippen LogP contribution in [0.2, 0.25) is 0 Å². The number of cyclic esters (lactones) is 1. The molecule has 9 aliphatic rings. The molecule has 0 aromatic rings. The summed E-state index contributed by atoms with van der Waals surface area (Å²) in [5.74, 6) is 0.142. The highest BCUT2D eigenvalue weighted by Crippen LogP contribution is 2.77. The maximum atomic E-state index is 12.8. The number of hydrogen-bond donors (Lipinski definition) is 9. The average molecular weight is 873 g/mol. The van der Waals surface area contributed by atoms with Crippen molar-refractivity contribution < 1.29 is 93.4 Å². The fraction of sp³-hybridized carbons (Fsp3) is 0.929. The first kappa shape index (κ1) is 44.7. The molecule has 19 heteroatoms. The Balaban J connectivity index is 0.823. The average Bonchev–Trinajstić information content (AvgIpc) is 3.68. The molecule has 4 saturated heterocycles. The molecule has 24 atom stereocenters. The fourth-order valence-electron chi connectivity index (χ4n) is 13.4. The van der Waals surface area contributed by atoms with Crippen LogP contribution in [0.1, 0.15) is 72.1 Å². The highest BCUT2D eigenvalue weighted by Gasteiger charge is 2.84. The monoisotopic (exact) mass is 872 g/mol. The Morgan fingerprint density at radius 1 is 0.770 bits per heavy atom. The number of methoxy groups -OCH3 is 1. The number of aliphatic hydroxyl groups excluding tert-OH is 8. The molecule has 61 heavy (non-hydrogen) atoms. The smallest absolute Gasteiger partial charge is 0.331 e. The first-order chi connectivity index (χ1) is 28.9. The first-order valence-corrected chi connectivity index (χ1v) is 22.0. The van der Waals surface area contributed by atoms with E-state index >= 15 is 0 Å². The standard InChI is InChI=1S/C42H64O19/c1-17-34(60-37-32(50)30(48)28(46)23(59-37)16-55-36-31(49)29(47)27(45)22(14-43)58-36)35(53-4)33(51)38(56-17)57-20-5-8-39(2)19(12-20)13-25-42(61-25)24(39)7-9-40(3)21(6-10-41(40,42)52)18-11-26(44)54-15-18/h11,17,19-25,27-38,43,45-52H,5-10,12-16H2,1-4H3/t17-,19-,20-,21+,22+,23+,24?,25-,27+,28+,29-,30-,31+,32+,33-,34-,35-,36+,37-,38-,39-,40+,41+,42+/m0/s1. The van der Waals surface area contributed by atoms with Crippen LogP contribution in [0.15, 0.2) is 11.6 Å². The van der Waals surface area contributed by atoms with Gasteiger partial charge in [0.05, 0.1) is 31.5 Å². The van der Waals surface area contributed by atoms with Gasteiger partial charge in [0.25, 0.3) is 0 Å². The van der Waals surface area contributed by atoms with Crippen molar-refractivity contribution in [2.24, 2.45) is 28.6 Å². The Hall–Kier alpha value is -1.47. The molecule has 4 saturated carbocycles. The summed E-state index contributed by atoms with van der Waals surface area (Å²) in [6, 6.07) is 0. The van der Waals surface area contributed by atoms with E-state index in [0.29, 0.717) is 19.3 Å². The summed E-state index contributed by atoms with van der Waals surface area (Å²) < 4.78 is 53.4. The van der Waals surface area contributed by atoms with E-state index in [1.54, 1.807) is 13.0 Å². The number of aliphatic hydroxyl groups is 9. The topological polar surface area (TPSA) is 286 Å². The van der Waals surface area contributed by atoms with Crippen LogP contribution in [-0.2, 0) is 47.4 Å². The lowest BCUT2D eigenvalue weighted by Crippen LogP contribution is -2.68. The predicted molar refractivity (Wildman–Crippen MR) is 203 cm³/mol. The maximum Gasteiger partial charge on any atom is 0.331 e. The Labute approximate surface area is 353 Å². The molecule has 0 radical (unpaired) electrons. The highest BCUT2D eigenvalue weighted by molar-refractivity contribution is 5.85. The number of carbonyl (C=O) groups is 1. The number of rotatable bonds is 10. The number of carbonyl (C=O) groups excluding carboxylic acids is 1. The first-order valence-electron chi connectivity index (χ1n) is 22.0. The van der Waals surface area contributed by atoms with Crippen molar-refractivity contribution in [2.45, 2.75) is 188 Å². The second-order valence-electron chi connectivity index (χ2n) is 19.7. The number of esters is 1. The molecule has 9 rings (SSSR count). The third kappa shape index (κ3) is 6.83. The van der Waals surface area contributed by atoms with Crippen LogP contribution >= 0.6 is 0 Å². The quantitative estimate of drug-likeness (QED) is 0.0645. The van der Waals surface area contributed by atoms with Crippen molar-refractivity contribution in [3.05, 3.63) is 11.6 Å². The molecular formula is C42H64O19. The van der Waals surface area contributed by atoms with Crippen LogP contribution in [0, 0.1) is 28.6 Å². The van der Waals surface area contributed by atoms with Crippen LogP contribution in [0.25, 0.3) is 0 Å². The second kappa shape index (κ2) is 16.1. The van der Waals surface area contributed by atoms with Gasteiger partial charge in [-0.1, -0.05) is 13.8 Å². The molecular weight excluding hydrogens is 808 g/mol. The molecule has 5 heterocycles. The minimum Gasteiger partial charge on any atom is -0.458 e. The zero-order valence-electron chi connectivity index (χ0n) is 35.0. The van der Waals surface area contributed by atoms with E-state index in [1.807, 2.05) is 0 Å². The molecule has 1 spiro atoms. The summed E-state index contributed by atoms with van der Waals surface area (Å²) in [5.41, 5.74) is -1.21. The number of ether oxygens (including phenoxy) is 9. The molecule has 9 N–H and O–H groups in total. The Bertz CT molecular complexity index is 1670. The molecule has 5 aliphatic heterocycles. The molecule has 0 bridgehead atoms. The van der Waals surface area contributed by atoms with Crippen molar-refractivity contribution in [2.75, 3.05) is 26.9 Å². The summed E-state index contributed by atoms with van der Waals surface area (Å²) in [7, 11) is 1.39. The second-order valence-corrected chi connectivity index (χ2v) is 19.7. The van der Waals surface area contributed by atoms with Gasteiger partial charge in [0.15, 0.2) is 18.9 Å². The van der Waals surface area contributed by atoms with Gasteiger partial charge in [0.1, 0.15) is 85.0 Å². The van der Waals surface area contributed by atoms with Crippen molar-refractivity contribution in [1.82, 2.24) is 0 Å². The molecule has 1 unspecified atom stereocenters. The third-order valence-electron chi connectivity index (χ3n) is 16.9. The van der Waals surface area contributed by atoms with Gasteiger partial charge < -0.3 is 88.6 Å². The van der Waals surface area contributed by atoms with E-state index < -0.39 is 122 Å². The fourth-order valence-corrected chi connectivity index (χ4v) is 13.4. The Morgan fingerprint density at radius 2 is 1.46 bits per heavy atom.